The molecule has 0 radical (unpaired) electrons. The predicted molar refractivity (Wildman–Crippen MR) is 61.6 cm³/mol. The van der Waals surface area contributed by atoms with Gasteiger partial charge in [-0.3, -0.25) is 4.79 Å². The van der Waals surface area contributed by atoms with Gasteiger partial charge in [0.05, 0.1) is 11.6 Å². The maximum atomic E-state index is 11.7. The third-order valence-corrected chi connectivity index (χ3v) is 2.59. The number of carbonyl (C=O) groups excluding carboxylic acids is 1. The molecule has 0 bridgehead atoms. The number of nitrogens with one attached hydrogen (secondary N) is 2. The molecular weight excluding hydrogens is 212 g/mol. The minimum atomic E-state index is -0.000926. The summed E-state index contributed by atoms with van der Waals surface area (Å²) in [6.45, 7) is 0.298. The van der Waals surface area contributed by atoms with Gasteiger partial charge in [-0.15, -0.1) is 0 Å². The number of hydrogen-bond donors (Lipinski definition) is 2. The molecule has 3 nitrogen and oxygen atoms in total. The highest BCUT2D eigenvalue weighted by molar-refractivity contribution is 6.34. The SMILES string of the molecule is CNCC(=O)c1cc2[nH]ccc2cc1Cl. The summed E-state index contributed by atoms with van der Waals surface area (Å²) in [5.74, 6) is -0.000926. The molecule has 1 heterocycles. The lowest BCUT2D eigenvalue weighted by molar-refractivity contribution is 0.0994. The first-order valence-corrected chi connectivity index (χ1v) is 5.04. The molecule has 1 aromatic heterocycles. The lowest BCUT2D eigenvalue weighted by atomic mass is 10.1. The number of rotatable bonds is 3. The van der Waals surface area contributed by atoms with Crippen LogP contribution in [-0.4, -0.2) is 24.4 Å². The molecule has 0 saturated heterocycles. The standard InChI is InChI=1S/C11H11ClN2O/c1-13-6-11(15)8-5-10-7(2-3-14-10)4-9(8)12/h2-5,13-14H,6H2,1H3. The van der Waals surface area contributed by atoms with Crippen molar-refractivity contribution in [2.45, 2.75) is 0 Å². The fourth-order valence-corrected chi connectivity index (χ4v) is 1.82. The van der Waals surface area contributed by atoms with Crippen LogP contribution in [0.2, 0.25) is 5.02 Å². The van der Waals surface area contributed by atoms with E-state index in [4.69, 9.17) is 11.6 Å². The fourth-order valence-electron chi connectivity index (χ4n) is 1.54. The van der Waals surface area contributed by atoms with Crippen molar-refractivity contribution in [3.05, 3.63) is 35.0 Å². The molecule has 0 spiro atoms. The summed E-state index contributed by atoms with van der Waals surface area (Å²) in [6.07, 6.45) is 1.83. The molecule has 0 saturated carbocycles. The third-order valence-electron chi connectivity index (χ3n) is 2.28. The average molecular weight is 223 g/mol. The molecule has 2 aromatic rings. The second kappa shape index (κ2) is 4.04. The Labute approximate surface area is 92.4 Å². The first kappa shape index (κ1) is 10.2. The second-order valence-electron chi connectivity index (χ2n) is 3.35. The van der Waals surface area contributed by atoms with Crippen molar-refractivity contribution >= 4 is 28.3 Å². The van der Waals surface area contributed by atoms with E-state index in [1.54, 1.807) is 19.2 Å². The minimum Gasteiger partial charge on any atom is -0.361 e. The highest BCUT2D eigenvalue weighted by Gasteiger charge is 2.10. The van der Waals surface area contributed by atoms with Crippen molar-refractivity contribution < 1.29 is 4.79 Å². The molecule has 0 aliphatic carbocycles. The van der Waals surface area contributed by atoms with E-state index in [2.05, 4.69) is 10.3 Å². The van der Waals surface area contributed by atoms with E-state index in [1.807, 2.05) is 12.3 Å². The Balaban J connectivity index is 2.50. The van der Waals surface area contributed by atoms with Gasteiger partial charge in [0, 0.05) is 22.7 Å². The summed E-state index contributed by atoms with van der Waals surface area (Å²) < 4.78 is 0. The molecule has 4 heteroatoms. The lowest BCUT2D eigenvalue weighted by Crippen LogP contribution is -2.18. The molecule has 0 amide bonds. The largest absolute Gasteiger partial charge is 0.361 e. The van der Waals surface area contributed by atoms with Crippen LogP contribution in [0.4, 0.5) is 0 Å². The van der Waals surface area contributed by atoms with E-state index >= 15 is 0 Å². The minimum absolute atomic E-state index is 0.000926. The molecule has 78 valence electrons. The van der Waals surface area contributed by atoms with Crippen LogP contribution in [0.1, 0.15) is 10.4 Å². The first-order valence-electron chi connectivity index (χ1n) is 4.67. The predicted octanol–water partition coefficient (Wildman–Crippen LogP) is 2.22. The number of benzene rings is 1. The van der Waals surface area contributed by atoms with E-state index in [0.717, 1.165) is 10.9 Å². The van der Waals surface area contributed by atoms with Crippen LogP contribution in [0, 0.1) is 0 Å². The van der Waals surface area contributed by atoms with Crippen molar-refractivity contribution in [2.75, 3.05) is 13.6 Å². The van der Waals surface area contributed by atoms with Crippen molar-refractivity contribution in [3.63, 3.8) is 0 Å². The Morgan fingerprint density at radius 3 is 3.07 bits per heavy atom. The van der Waals surface area contributed by atoms with E-state index in [0.29, 0.717) is 17.1 Å². The number of fused-ring (bicyclic) bond motifs is 1. The van der Waals surface area contributed by atoms with Crippen molar-refractivity contribution in [1.82, 2.24) is 10.3 Å². The molecule has 0 fully saturated rings. The number of H-pyrrole nitrogens is 1. The monoisotopic (exact) mass is 222 g/mol. The molecule has 0 atom stereocenters. The number of likely N-dealkylation sites (N-methyl/N-ethyl adjacent to an activating group) is 1. The number of halogens is 1. The first-order chi connectivity index (χ1) is 7.22. The van der Waals surface area contributed by atoms with Crippen LogP contribution in [-0.2, 0) is 0 Å². The quantitative estimate of drug-likeness (QED) is 0.783. The van der Waals surface area contributed by atoms with Gasteiger partial charge in [-0.05, 0) is 25.2 Å². The molecular formula is C11H11ClN2O. The summed E-state index contributed by atoms with van der Waals surface area (Å²) >= 11 is 6.03. The number of carbonyl (C=O) groups is 1. The molecule has 0 aliphatic heterocycles. The van der Waals surface area contributed by atoms with Crippen LogP contribution in [0.15, 0.2) is 24.4 Å². The number of hydrogen-bond acceptors (Lipinski definition) is 2. The summed E-state index contributed by atoms with van der Waals surface area (Å²) in [5.41, 5.74) is 1.49. The van der Waals surface area contributed by atoms with Gasteiger partial charge >= 0.3 is 0 Å². The van der Waals surface area contributed by atoms with Crippen molar-refractivity contribution in [2.24, 2.45) is 0 Å². The van der Waals surface area contributed by atoms with Gasteiger partial charge in [-0.2, -0.15) is 0 Å². The van der Waals surface area contributed by atoms with Gasteiger partial charge < -0.3 is 10.3 Å². The van der Waals surface area contributed by atoms with Gasteiger partial charge in [-0.25, -0.2) is 0 Å². The fraction of sp³-hybridized carbons (Fsp3) is 0.182. The molecule has 1 aromatic carbocycles. The Kier molecular flexibility index (Phi) is 2.75. The number of aromatic nitrogens is 1. The van der Waals surface area contributed by atoms with Crippen LogP contribution in [0.3, 0.4) is 0 Å². The van der Waals surface area contributed by atoms with Crippen LogP contribution >= 0.6 is 11.6 Å². The van der Waals surface area contributed by atoms with Gasteiger partial charge in [0.1, 0.15) is 0 Å². The molecule has 2 rings (SSSR count). The Bertz CT molecular complexity index is 504. The number of Topliss-reactive ketones (excluding diaryl/α,β-unsaturated/α-hetero) is 1. The maximum absolute atomic E-state index is 11.7. The maximum Gasteiger partial charge on any atom is 0.178 e. The van der Waals surface area contributed by atoms with E-state index < -0.39 is 0 Å². The smallest absolute Gasteiger partial charge is 0.178 e. The Hall–Kier alpha value is -1.32. The summed E-state index contributed by atoms with van der Waals surface area (Å²) in [4.78, 5) is 14.7. The van der Waals surface area contributed by atoms with Gasteiger partial charge in [-0.1, -0.05) is 11.6 Å². The normalized spacial score (nSPS) is 10.8. The van der Waals surface area contributed by atoms with E-state index in [9.17, 15) is 4.79 Å². The van der Waals surface area contributed by atoms with Gasteiger partial charge in [0.2, 0.25) is 0 Å². The number of ketones is 1. The zero-order chi connectivity index (χ0) is 10.8. The highest BCUT2D eigenvalue weighted by atomic mass is 35.5. The van der Waals surface area contributed by atoms with Gasteiger partial charge in [0.25, 0.3) is 0 Å². The average Bonchev–Trinajstić information content (AvgIpc) is 2.63. The van der Waals surface area contributed by atoms with Crippen LogP contribution in [0.5, 0.6) is 0 Å². The summed E-state index contributed by atoms with van der Waals surface area (Å²) in [7, 11) is 1.74. The lowest BCUT2D eigenvalue weighted by Gasteiger charge is -2.03. The zero-order valence-corrected chi connectivity index (χ0v) is 9.06. The highest BCUT2D eigenvalue weighted by Crippen LogP contribution is 2.23. The van der Waals surface area contributed by atoms with Crippen molar-refractivity contribution in [1.29, 1.82) is 0 Å². The topological polar surface area (TPSA) is 44.9 Å². The van der Waals surface area contributed by atoms with E-state index in [1.165, 1.54) is 0 Å². The van der Waals surface area contributed by atoms with Crippen molar-refractivity contribution in [3.8, 4) is 0 Å². The van der Waals surface area contributed by atoms with Crippen LogP contribution in [0.25, 0.3) is 10.9 Å². The molecule has 2 N–H and O–H groups in total. The van der Waals surface area contributed by atoms with Crippen LogP contribution < -0.4 is 5.32 Å². The second-order valence-corrected chi connectivity index (χ2v) is 3.76. The molecule has 0 unspecified atom stereocenters. The summed E-state index contributed by atoms with van der Waals surface area (Å²) in [5, 5.41) is 4.33. The zero-order valence-electron chi connectivity index (χ0n) is 8.30. The molecule has 0 aliphatic rings. The Morgan fingerprint density at radius 1 is 1.53 bits per heavy atom. The van der Waals surface area contributed by atoms with E-state index in [-0.39, 0.29) is 5.78 Å². The summed E-state index contributed by atoms with van der Waals surface area (Å²) in [6, 6.07) is 5.52. The van der Waals surface area contributed by atoms with Gasteiger partial charge in [0.15, 0.2) is 5.78 Å². The molecule has 15 heavy (non-hydrogen) atoms. The third kappa shape index (κ3) is 1.89. The Morgan fingerprint density at radius 2 is 2.33 bits per heavy atom. The number of aromatic amines is 1.